The van der Waals surface area contributed by atoms with Gasteiger partial charge in [-0.1, -0.05) is 12.1 Å². The van der Waals surface area contributed by atoms with E-state index >= 15 is 0 Å². The molecule has 0 radical (unpaired) electrons. The van der Waals surface area contributed by atoms with Gasteiger partial charge in [0.25, 0.3) is 0 Å². The Morgan fingerprint density at radius 1 is 1.10 bits per heavy atom. The van der Waals surface area contributed by atoms with Crippen molar-refractivity contribution in [3.8, 4) is 17.3 Å². The molecule has 1 aliphatic rings. The van der Waals surface area contributed by atoms with Crippen molar-refractivity contribution in [2.75, 3.05) is 32.7 Å². The molecule has 154 valence electrons. The maximum Gasteiger partial charge on any atom is 0.416 e. The van der Waals surface area contributed by atoms with Crippen molar-refractivity contribution >= 4 is 0 Å². The highest BCUT2D eigenvalue weighted by Gasteiger charge is 2.30. The molecule has 3 rings (SSSR count). The summed E-state index contributed by atoms with van der Waals surface area (Å²) in [5.41, 5.74) is 0.574. The number of rotatable bonds is 8. The molecular weight excluding hydrogens is 379 g/mol. The average Bonchev–Trinajstić information content (AvgIpc) is 3.23. The van der Waals surface area contributed by atoms with E-state index in [4.69, 9.17) is 0 Å². The van der Waals surface area contributed by atoms with Gasteiger partial charge in [0.2, 0.25) is 5.82 Å². The smallest absolute Gasteiger partial charge is 0.315 e. The highest BCUT2D eigenvalue weighted by atomic mass is 19.4. The second-order valence-corrected chi connectivity index (χ2v) is 7.16. The highest BCUT2D eigenvalue weighted by Crippen LogP contribution is 2.31. The van der Waals surface area contributed by atoms with Crippen LogP contribution in [0.25, 0.3) is 11.3 Å². The number of halogens is 3. The van der Waals surface area contributed by atoms with Crippen LogP contribution in [0.5, 0.6) is 0 Å². The Labute approximate surface area is 168 Å². The topological polar surface area (TPSA) is 64.8 Å². The van der Waals surface area contributed by atoms with E-state index < -0.39 is 11.7 Å². The van der Waals surface area contributed by atoms with E-state index in [2.05, 4.69) is 20.2 Å². The van der Waals surface area contributed by atoms with Crippen LogP contribution in [0, 0.1) is 11.3 Å². The fourth-order valence-electron chi connectivity index (χ4n) is 3.44. The quantitative estimate of drug-likeness (QED) is 0.682. The lowest BCUT2D eigenvalue weighted by Crippen LogP contribution is -2.30. The first kappa shape index (κ1) is 21.2. The third-order valence-electron chi connectivity index (χ3n) is 4.95. The molecule has 5 nitrogen and oxygen atoms in total. The van der Waals surface area contributed by atoms with E-state index in [1.807, 2.05) is 6.07 Å². The minimum absolute atomic E-state index is 0.0306. The number of aryl methyl sites for hydroxylation is 1. The molecule has 0 spiro atoms. The summed E-state index contributed by atoms with van der Waals surface area (Å²) in [7, 11) is 0. The number of nitrogens with one attached hydrogen (secondary N) is 1. The van der Waals surface area contributed by atoms with Crippen molar-refractivity contribution in [1.29, 1.82) is 5.26 Å². The van der Waals surface area contributed by atoms with Gasteiger partial charge in [-0.2, -0.15) is 18.4 Å². The molecule has 1 aliphatic heterocycles. The Kier molecular flexibility index (Phi) is 7.18. The predicted molar refractivity (Wildman–Crippen MR) is 104 cm³/mol. The third-order valence-corrected chi connectivity index (χ3v) is 4.95. The van der Waals surface area contributed by atoms with Gasteiger partial charge in [-0.05, 0) is 63.5 Å². The molecule has 0 atom stereocenters. The standard InChI is InChI=1S/C21H24F3N5/c22-21(23,24)17-6-3-5-16(13-17)19-14-18(27-20(15-25)28-19)7-4-8-26-9-12-29-10-1-2-11-29/h3,5-6,13-14,26H,1-2,4,7-12H2. The summed E-state index contributed by atoms with van der Waals surface area (Å²) in [4.78, 5) is 10.7. The van der Waals surface area contributed by atoms with Crippen LogP contribution < -0.4 is 5.32 Å². The fraction of sp³-hybridized carbons (Fsp3) is 0.476. The fourth-order valence-corrected chi connectivity index (χ4v) is 3.44. The van der Waals surface area contributed by atoms with E-state index in [1.165, 1.54) is 32.0 Å². The summed E-state index contributed by atoms with van der Waals surface area (Å²) in [6.45, 7) is 5.16. The van der Waals surface area contributed by atoms with Crippen LogP contribution in [-0.2, 0) is 12.6 Å². The van der Waals surface area contributed by atoms with Gasteiger partial charge in [-0.25, -0.2) is 9.97 Å². The summed E-state index contributed by atoms with van der Waals surface area (Å²) in [6.07, 6.45) is -0.416. The zero-order valence-electron chi connectivity index (χ0n) is 16.2. The Bertz CT molecular complexity index is 854. The number of alkyl halides is 3. The summed E-state index contributed by atoms with van der Waals surface area (Å²) in [6, 6.07) is 8.53. The molecule has 8 heteroatoms. The molecule has 2 heterocycles. The molecule has 0 bridgehead atoms. The van der Waals surface area contributed by atoms with Crippen LogP contribution in [0.1, 0.15) is 36.3 Å². The summed E-state index contributed by atoms with van der Waals surface area (Å²) >= 11 is 0. The van der Waals surface area contributed by atoms with Gasteiger partial charge < -0.3 is 10.2 Å². The van der Waals surface area contributed by atoms with Gasteiger partial charge in [0.1, 0.15) is 6.07 Å². The van der Waals surface area contributed by atoms with Crippen molar-refractivity contribution in [2.24, 2.45) is 0 Å². The lowest BCUT2D eigenvalue weighted by Gasteiger charge is -2.14. The minimum Gasteiger partial charge on any atom is -0.315 e. The maximum atomic E-state index is 13.0. The van der Waals surface area contributed by atoms with E-state index in [-0.39, 0.29) is 5.82 Å². The minimum atomic E-state index is -4.43. The van der Waals surface area contributed by atoms with Gasteiger partial charge >= 0.3 is 6.18 Å². The largest absolute Gasteiger partial charge is 0.416 e. The number of benzene rings is 1. The van der Waals surface area contributed by atoms with Crippen molar-refractivity contribution in [1.82, 2.24) is 20.2 Å². The Morgan fingerprint density at radius 3 is 2.62 bits per heavy atom. The summed E-state index contributed by atoms with van der Waals surface area (Å²) < 4.78 is 38.9. The molecule has 0 saturated carbocycles. The highest BCUT2D eigenvalue weighted by molar-refractivity contribution is 5.61. The Hall–Kier alpha value is -2.50. The van der Waals surface area contributed by atoms with Crippen LogP contribution in [0.4, 0.5) is 13.2 Å². The molecule has 1 aromatic carbocycles. The van der Waals surface area contributed by atoms with Gasteiger partial charge in [-0.3, -0.25) is 0 Å². The Morgan fingerprint density at radius 2 is 1.90 bits per heavy atom. The molecule has 1 aromatic heterocycles. The van der Waals surface area contributed by atoms with Gasteiger partial charge in [-0.15, -0.1) is 0 Å². The third kappa shape index (κ3) is 6.24. The number of nitrogens with zero attached hydrogens (tertiary/aromatic N) is 4. The molecule has 0 amide bonds. The molecule has 2 aromatic rings. The summed E-state index contributed by atoms with van der Waals surface area (Å²) in [5.74, 6) is -0.0306. The van der Waals surface area contributed by atoms with E-state index in [0.29, 0.717) is 23.4 Å². The molecular formula is C21H24F3N5. The number of likely N-dealkylation sites (tertiary alicyclic amines) is 1. The molecule has 1 fully saturated rings. The van der Waals surface area contributed by atoms with Crippen molar-refractivity contribution in [3.05, 3.63) is 47.4 Å². The molecule has 1 N–H and O–H groups in total. The SMILES string of the molecule is N#Cc1nc(CCCNCCN2CCCC2)cc(-c2cccc(C(F)(F)F)c2)n1. The number of hydrogen-bond donors (Lipinski definition) is 1. The number of hydrogen-bond acceptors (Lipinski definition) is 5. The van der Waals surface area contributed by atoms with Crippen LogP contribution >= 0.6 is 0 Å². The lowest BCUT2D eigenvalue weighted by atomic mass is 10.1. The molecule has 29 heavy (non-hydrogen) atoms. The summed E-state index contributed by atoms with van der Waals surface area (Å²) in [5, 5.41) is 12.6. The Balaban J connectivity index is 1.59. The van der Waals surface area contributed by atoms with Crippen LogP contribution in [0.3, 0.4) is 0 Å². The van der Waals surface area contributed by atoms with Crippen molar-refractivity contribution in [3.63, 3.8) is 0 Å². The van der Waals surface area contributed by atoms with E-state index in [1.54, 1.807) is 12.1 Å². The monoisotopic (exact) mass is 403 g/mol. The van der Waals surface area contributed by atoms with Gasteiger partial charge in [0, 0.05) is 24.3 Å². The molecule has 0 unspecified atom stereocenters. The first-order valence-corrected chi connectivity index (χ1v) is 9.84. The van der Waals surface area contributed by atoms with Crippen LogP contribution in [-0.4, -0.2) is 47.6 Å². The number of nitriles is 1. The van der Waals surface area contributed by atoms with Crippen LogP contribution in [0.2, 0.25) is 0 Å². The molecule has 1 saturated heterocycles. The van der Waals surface area contributed by atoms with Gasteiger partial charge in [0.05, 0.1) is 11.3 Å². The van der Waals surface area contributed by atoms with E-state index in [9.17, 15) is 18.4 Å². The predicted octanol–water partition coefficient (Wildman–Crippen LogP) is 3.65. The van der Waals surface area contributed by atoms with Crippen molar-refractivity contribution < 1.29 is 13.2 Å². The second kappa shape index (κ2) is 9.81. The first-order valence-electron chi connectivity index (χ1n) is 9.84. The van der Waals surface area contributed by atoms with E-state index in [0.717, 1.165) is 38.2 Å². The van der Waals surface area contributed by atoms with Crippen LogP contribution in [0.15, 0.2) is 30.3 Å². The second-order valence-electron chi connectivity index (χ2n) is 7.16. The lowest BCUT2D eigenvalue weighted by molar-refractivity contribution is -0.137. The zero-order chi connectivity index (χ0) is 20.7. The zero-order valence-corrected chi connectivity index (χ0v) is 16.2. The average molecular weight is 403 g/mol. The van der Waals surface area contributed by atoms with Gasteiger partial charge in [0.15, 0.2) is 0 Å². The van der Waals surface area contributed by atoms with Crippen molar-refractivity contribution in [2.45, 2.75) is 31.9 Å². The first-order chi connectivity index (χ1) is 14.0. The maximum absolute atomic E-state index is 13.0. The molecule has 0 aliphatic carbocycles. The normalized spacial score (nSPS) is 14.8. The number of aromatic nitrogens is 2.